The van der Waals surface area contributed by atoms with Crippen LogP contribution in [0.4, 0.5) is 0 Å². The molecule has 0 atom stereocenters. The lowest BCUT2D eigenvalue weighted by Crippen LogP contribution is -2.36. The van der Waals surface area contributed by atoms with E-state index in [0.29, 0.717) is 37.5 Å². The van der Waals surface area contributed by atoms with Crippen LogP contribution in [0.2, 0.25) is 0 Å². The van der Waals surface area contributed by atoms with Gasteiger partial charge in [0.1, 0.15) is 0 Å². The van der Waals surface area contributed by atoms with Crippen LogP contribution in [-0.2, 0) is 17.8 Å². The van der Waals surface area contributed by atoms with E-state index >= 15 is 0 Å². The first kappa shape index (κ1) is 18.3. The van der Waals surface area contributed by atoms with Gasteiger partial charge in [-0.25, -0.2) is 0 Å². The predicted octanol–water partition coefficient (Wildman–Crippen LogP) is 4.56. The molecule has 0 aliphatic heterocycles. The van der Waals surface area contributed by atoms with E-state index in [2.05, 4.69) is 10.1 Å². The Morgan fingerprint density at radius 2 is 2.00 bits per heavy atom. The lowest BCUT2D eigenvalue weighted by Gasteiger charge is -2.27. The normalized spacial score (nSPS) is 11.0. The zero-order valence-electron chi connectivity index (χ0n) is 15.1. The van der Waals surface area contributed by atoms with Crippen molar-refractivity contribution in [2.45, 2.75) is 45.7 Å². The van der Waals surface area contributed by atoms with Gasteiger partial charge in [0.25, 0.3) is 0 Å². The minimum Gasteiger partial charge on any atom is -0.339 e. The third kappa shape index (κ3) is 4.79. The number of aryl methyl sites for hydroxylation is 1. The Kier molecular flexibility index (Phi) is 6.17. The molecule has 0 N–H and O–H groups in total. The first-order valence-corrected chi connectivity index (χ1v) is 9.71. The van der Waals surface area contributed by atoms with E-state index in [4.69, 9.17) is 4.52 Å². The fourth-order valence-electron chi connectivity index (χ4n) is 2.74. The fourth-order valence-corrected chi connectivity index (χ4v) is 3.38. The van der Waals surface area contributed by atoms with Crippen LogP contribution in [0.15, 0.2) is 52.4 Å². The van der Waals surface area contributed by atoms with E-state index < -0.39 is 0 Å². The number of hydrogen-bond donors (Lipinski definition) is 0. The molecule has 0 radical (unpaired) electrons. The van der Waals surface area contributed by atoms with Crippen molar-refractivity contribution in [1.82, 2.24) is 15.0 Å². The molecule has 1 aromatic carbocycles. The summed E-state index contributed by atoms with van der Waals surface area (Å²) in [5.74, 6) is 1.36. The van der Waals surface area contributed by atoms with Gasteiger partial charge in [-0.05, 0) is 37.3 Å². The zero-order valence-corrected chi connectivity index (χ0v) is 15.9. The molecule has 0 saturated heterocycles. The molecule has 6 heteroatoms. The molecule has 3 rings (SSSR count). The van der Waals surface area contributed by atoms with Crippen LogP contribution in [0.25, 0.3) is 10.7 Å². The highest BCUT2D eigenvalue weighted by molar-refractivity contribution is 7.13. The summed E-state index contributed by atoms with van der Waals surface area (Å²) in [5.41, 5.74) is 1.15. The molecule has 26 heavy (non-hydrogen) atoms. The minimum absolute atomic E-state index is 0.154. The van der Waals surface area contributed by atoms with Gasteiger partial charge in [-0.1, -0.05) is 41.6 Å². The van der Waals surface area contributed by atoms with Gasteiger partial charge in [0, 0.05) is 25.4 Å². The number of carbonyl (C=O) groups is 1. The summed E-state index contributed by atoms with van der Waals surface area (Å²) < 4.78 is 5.29. The smallest absolute Gasteiger partial charge is 0.226 e. The molecule has 0 saturated carbocycles. The standard InChI is InChI=1S/C20H23N3O2S/c1-15(2)23(14-16-8-4-3-5-9-16)19(24)12-6-11-18-21-20(22-25-18)17-10-7-13-26-17/h3-5,7-10,13,15H,6,11-12,14H2,1-2H3. The van der Waals surface area contributed by atoms with Gasteiger partial charge < -0.3 is 9.42 Å². The molecule has 5 nitrogen and oxygen atoms in total. The number of carbonyl (C=O) groups excluding carboxylic acids is 1. The Hall–Kier alpha value is -2.47. The number of amides is 1. The first-order valence-electron chi connectivity index (χ1n) is 8.83. The van der Waals surface area contributed by atoms with Crippen molar-refractivity contribution in [3.8, 4) is 10.7 Å². The molecule has 136 valence electrons. The Bertz CT molecular complexity index is 813. The molecular weight excluding hydrogens is 346 g/mol. The summed E-state index contributed by atoms with van der Waals surface area (Å²) in [6, 6.07) is 14.2. The summed E-state index contributed by atoms with van der Waals surface area (Å²) in [5, 5.41) is 5.99. The number of rotatable bonds is 8. The summed E-state index contributed by atoms with van der Waals surface area (Å²) in [6.45, 7) is 4.73. The summed E-state index contributed by atoms with van der Waals surface area (Å²) in [7, 11) is 0. The van der Waals surface area contributed by atoms with E-state index in [9.17, 15) is 4.79 Å². The Balaban J connectivity index is 1.52. The van der Waals surface area contributed by atoms with Gasteiger partial charge in [0.2, 0.25) is 17.6 Å². The van der Waals surface area contributed by atoms with Gasteiger partial charge in [0.15, 0.2) is 0 Å². The quantitative estimate of drug-likeness (QED) is 0.584. The van der Waals surface area contributed by atoms with Gasteiger partial charge in [0.05, 0.1) is 4.88 Å². The van der Waals surface area contributed by atoms with E-state index in [0.717, 1.165) is 10.4 Å². The topological polar surface area (TPSA) is 59.2 Å². The SMILES string of the molecule is CC(C)N(Cc1ccccc1)C(=O)CCCc1nc(-c2cccs2)no1. The maximum atomic E-state index is 12.6. The third-order valence-corrected chi connectivity index (χ3v) is 5.00. The molecule has 0 bridgehead atoms. The van der Waals surface area contributed by atoms with Gasteiger partial charge in [-0.2, -0.15) is 4.98 Å². The maximum Gasteiger partial charge on any atom is 0.226 e. The Labute approximate surface area is 157 Å². The summed E-state index contributed by atoms with van der Waals surface area (Å²) >= 11 is 1.58. The molecule has 0 spiro atoms. The lowest BCUT2D eigenvalue weighted by molar-refractivity contribution is -0.133. The molecule has 3 aromatic rings. The van der Waals surface area contributed by atoms with Crippen molar-refractivity contribution in [2.24, 2.45) is 0 Å². The molecule has 0 aliphatic carbocycles. The highest BCUT2D eigenvalue weighted by atomic mass is 32.1. The van der Waals surface area contributed by atoms with Crippen molar-refractivity contribution < 1.29 is 9.32 Å². The second-order valence-electron chi connectivity index (χ2n) is 6.44. The highest BCUT2D eigenvalue weighted by Crippen LogP contribution is 2.21. The van der Waals surface area contributed by atoms with E-state index in [1.54, 1.807) is 11.3 Å². The van der Waals surface area contributed by atoms with Crippen LogP contribution in [0.3, 0.4) is 0 Å². The molecule has 1 amide bonds. The fraction of sp³-hybridized carbons (Fsp3) is 0.350. The first-order chi connectivity index (χ1) is 12.6. The number of thiophene rings is 1. The van der Waals surface area contributed by atoms with E-state index in [-0.39, 0.29) is 11.9 Å². The van der Waals surface area contributed by atoms with Gasteiger partial charge >= 0.3 is 0 Å². The predicted molar refractivity (Wildman–Crippen MR) is 103 cm³/mol. The second-order valence-corrected chi connectivity index (χ2v) is 7.39. The van der Waals surface area contributed by atoms with Gasteiger partial charge in [-0.15, -0.1) is 11.3 Å². The maximum absolute atomic E-state index is 12.6. The van der Waals surface area contributed by atoms with E-state index in [1.807, 2.05) is 66.6 Å². The molecule has 0 fully saturated rings. The number of hydrogen-bond acceptors (Lipinski definition) is 5. The number of benzene rings is 1. The van der Waals surface area contributed by atoms with Crippen molar-refractivity contribution >= 4 is 17.2 Å². The van der Waals surface area contributed by atoms with Crippen LogP contribution < -0.4 is 0 Å². The number of aromatic nitrogens is 2. The van der Waals surface area contributed by atoms with Crippen LogP contribution in [0, 0.1) is 0 Å². The summed E-state index contributed by atoms with van der Waals surface area (Å²) in [4.78, 5) is 19.9. The van der Waals surface area contributed by atoms with Crippen molar-refractivity contribution in [1.29, 1.82) is 0 Å². The number of nitrogens with zero attached hydrogens (tertiary/aromatic N) is 3. The molecule has 0 unspecified atom stereocenters. The molecule has 2 aromatic heterocycles. The molecule has 2 heterocycles. The van der Waals surface area contributed by atoms with Gasteiger partial charge in [-0.3, -0.25) is 4.79 Å². The molecule has 0 aliphatic rings. The second kappa shape index (κ2) is 8.76. The van der Waals surface area contributed by atoms with Crippen LogP contribution in [0.1, 0.15) is 38.1 Å². The average Bonchev–Trinajstić information content (AvgIpc) is 3.31. The summed E-state index contributed by atoms with van der Waals surface area (Å²) in [6.07, 6.45) is 1.78. The van der Waals surface area contributed by atoms with Crippen LogP contribution in [0.5, 0.6) is 0 Å². The van der Waals surface area contributed by atoms with Crippen molar-refractivity contribution in [2.75, 3.05) is 0 Å². The Morgan fingerprint density at radius 3 is 2.69 bits per heavy atom. The average molecular weight is 369 g/mol. The van der Waals surface area contributed by atoms with E-state index in [1.165, 1.54) is 0 Å². The van der Waals surface area contributed by atoms with Crippen LogP contribution in [-0.4, -0.2) is 27.0 Å². The minimum atomic E-state index is 0.154. The van der Waals surface area contributed by atoms with Crippen molar-refractivity contribution in [3.05, 3.63) is 59.3 Å². The zero-order chi connectivity index (χ0) is 18.4. The lowest BCUT2D eigenvalue weighted by atomic mass is 10.1. The largest absolute Gasteiger partial charge is 0.339 e. The highest BCUT2D eigenvalue weighted by Gasteiger charge is 2.17. The third-order valence-electron chi connectivity index (χ3n) is 4.13. The van der Waals surface area contributed by atoms with Crippen LogP contribution >= 0.6 is 11.3 Å². The Morgan fingerprint density at radius 1 is 1.19 bits per heavy atom. The monoisotopic (exact) mass is 369 g/mol. The molecular formula is C20H23N3O2S. The van der Waals surface area contributed by atoms with Crippen molar-refractivity contribution in [3.63, 3.8) is 0 Å².